The third-order valence-electron chi connectivity index (χ3n) is 13.5. The Bertz CT molecular complexity index is 3950. The van der Waals surface area contributed by atoms with Crippen molar-refractivity contribution in [1.29, 1.82) is 0 Å². The number of rotatable bonds is 7. The fourth-order valence-corrected chi connectivity index (χ4v) is 10.5. The van der Waals surface area contributed by atoms with E-state index >= 15 is 0 Å². The molecule has 0 aliphatic rings. The summed E-state index contributed by atoms with van der Waals surface area (Å²) in [6, 6.07) is 81.6. The van der Waals surface area contributed by atoms with Crippen molar-refractivity contribution < 1.29 is 0 Å². The maximum Gasteiger partial charge on any atom is 0.164 e. The van der Waals surface area contributed by atoms with Gasteiger partial charge >= 0.3 is 0 Å². The van der Waals surface area contributed by atoms with Crippen LogP contribution in [0.2, 0.25) is 0 Å². The second-order valence-corrected chi connectivity index (χ2v) is 17.4. The molecule has 14 aromatic rings. The summed E-state index contributed by atoms with van der Waals surface area (Å²) in [5.74, 6) is 1.87. The number of para-hydroxylation sites is 5. The van der Waals surface area contributed by atoms with Crippen molar-refractivity contribution in [2.24, 2.45) is 0 Å². The fraction of sp³-hybridized carbons (Fsp3) is 0. The van der Waals surface area contributed by atoms with Crippen LogP contribution in [0.4, 0.5) is 0 Å². The van der Waals surface area contributed by atoms with Crippen molar-refractivity contribution in [2.75, 3.05) is 0 Å². The van der Waals surface area contributed by atoms with Gasteiger partial charge in [0.05, 0.1) is 55.7 Å². The van der Waals surface area contributed by atoms with Gasteiger partial charge in [0.2, 0.25) is 0 Å². The first-order chi connectivity index (χ1) is 34.2. The third kappa shape index (κ3) is 6.14. The zero-order chi connectivity index (χ0) is 45.4. The second kappa shape index (κ2) is 15.6. The number of nitrogens with zero attached hydrogens (tertiary/aromatic N) is 7. The van der Waals surface area contributed by atoms with E-state index in [1.54, 1.807) is 0 Å². The van der Waals surface area contributed by atoms with Gasteiger partial charge in [-0.3, -0.25) is 4.98 Å². The highest BCUT2D eigenvalue weighted by molar-refractivity contribution is 6.13. The standard InChI is InChI=1S/C62H39N7/c1-3-18-41(19-4-1)60-64-61(42-20-5-2-6-21-42)66-62(65-60)43-35-33-40(34-36-43)44-38-56(67-50-27-12-7-22-45(50)46-23-8-13-28-51(46)67)59(69-54-31-16-11-26-49(54)58-55(69)32-17-37-63-58)57(39-44)68-52-29-14-9-24-47(52)48-25-10-15-30-53(48)68/h1-39H. The largest absolute Gasteiger partial charge is 0.307 e. The molecule has 0 atom stereocenters. The molecule has 322 valence electrons. The Morgan fingerprint density at radius 1 is 0.261 bits per heavy atom. The van der Waals surface area contributed by atoms with E-state index in [2.05, 4.69) is 177 Å². The number of benzene rings is 9. The molecule has 14 rings (SSSR count). The van der Waals surface area contributed by atoms with Crippen LogP contribution in [0.1, 0.15) is 0 Å². The van der Waals surface area contributed by atoms with E-state index in [4.69, 9.17) is 19.9 Å². The maximum atomic E-state index is 5.07. The van der Waals surface area contributed by atoms with Gasteiger partial charge in [-0.1, -0.05) is 176 Å². The molecular formula is C62H39N7. The Hall–Kier alpha value is -9.46. The van der Waals surface area contributed by atoms with Gasteiger partial charge in [-0.25, -0.2) is 15.0 Å². The van der Waals surface area contributed by atoms with Crippen LogP contribution in [0.3, 0.4) is 0 Å². The maximum absolute atomic E-state index is 5.07. The predicted octanol–water partition coefficient (Wildman–Crippen LogP) is 15.2. The highest BCUT2D eigenvalue weighted by atomic mass is 15.1. The first-order valence-corrected chi connectivity index (χ1v) is 23.2. The number of aromatic nitrogens is 7. The summed E-state index contributed by atoms with van der Waals surface area (Å²) in [5, 5.41) is 5.87. The summed E-state index contributed by atoms with van der Waals surface area (Å²) < 4.78 is 7.37. The lowest BCUT2D eigenvalue weighted by molar-refractivity contribution is 1.05. The lowest BCUT2D eigenvalue weighted by atomic mass is 10.00. The molecular weight excluding hydrogens is 843 g/mol. The molecule has 0 bridgehead atoms. The number of hydrogen-bond acceptors (Lipinski definition) is 4. The van der Waals surface area contributed by atoms with Gasteiger partial charge in [-0.15, -0.1) is 0 Å². The van der Waals surface area contributed by atoms with E-state index in [1.807, 2.05) is 72.9 Å². The lowest BCUT2D eigenvalue weighted by Crippen LogP contribution is -2.10. The van der Waals surface area contributed by atoms with E-state index in [0.29, 0.717) is 17.5 Å². The summed E-state index contributed by atoms with van der Waals surface area (Å²) in [5.41, 5.74) is 15.6. The van der Waals surface area contributed by atoms with Crippen molar-refractivity contribution in [3.05, 3.63) is 237 Å². The molecule has 7 nitrogen and oxygen atoms in total. The van der Waals surface area contributed by atoms with E-state index in [1.165, 1.54) is 21.5 Å². The van der Waals surface area contributed by atoms with Crippen LogP contribution in [-0.4, -0.2) is 33.6 Å². The Morgan fingerprint density at radius 2 is 0.609 bits per heavy atom. The summed E-state index contributed by atoms with van der Waals surface area (Å²) in [6.07, 6.45) is 1.90. The van der Waals surface area contributed by atoms with E-state index < -0.39 is 0 Å². The normalized spacial score (nSPS) is 11.8. The molecule has 0 unspecified atom stereocenters. The van der Waals surface area contributed by atoms with Crippen LogP contribution in [0.15, 0.2) is 237 Å². The van der Waals surface area contributed by atoms with Crippen LogP contribution in [0.25, 0.3) is 128 Å². The van der Waals surface area contributed by atoms with Gasteiger partial charge in [0.15, 0.2) is 17.5 Å². The van der Waals surface area contributed by atoms with Crippen molar-refractivity contribution in [3.63, 3.8) is 0 Å². The second-order valence-electron chi connectivity index (χ2n) is 17.4. The Kier molecular flexibility index (Phi) is 8.75. The van der Waals surface area contributed by atoms with E-state index in [9.17, 15) is 0 Å². The van der Waals surface area contributed by atoms with Gasteiger partial charge in [-0.05, 0) is 65.7 Å². The average Bonchev–Trinajstić information content (AvgIpc) is 4.07. The topological polar surface area (TPSA) is 66.3 Å². The molecule has 7 heteroatoms. The molecule has 0 amide bonds. The molecule has 5 heterocycles. The first-order valence-electron chi connectivity index (χ1n) is 23.2. The minimum Gasteiger partial charge on any atom is -0.307 e. The van der Waals surface area contributed by atoms with E-state index in [0.717, 1.165) is 88.9 Å². The molecule has 0 saturated carbocycles. The van der Waals surface area contributed by atoms with Gasteiger partial charge < -0.3 is 13.7 Å². The van der Waals surface area contributed by atoms with Crippen molar-refractivity contribution in [2.45, 2.75) is 0 Å². The Labute approximate surface area is 396 Å². The minimum atomic E-state index is 0.613. The quantitative estimate of drug-likeness (QED) is 0.160. The lowest BCUT2D eigenvalue weighted by Gasteiger charge is -2.23. The zero-order valence-corrected chi connectivity index (χ0v) is 37.1. The van der Waals surface area contributed by atoms with Gasteiger partial charge in [0.25, 0.3) is 0 Å². The molecule has 0 aliphatic heterocycles. The number of pyridine rings is 1. The third-order valence-corrected chi connectivity index (χ3v) is 13.5. The van der Waals surface area contributed by atoms with Crippen LogP contribution in [-0.2, 0) is 0 Å². The molecule has 0 saturated heterocycles. The molecule has 5 aromatic heterocycles. The Morgan fingerprint density at radius 3 is 1.06 bits per heavy atom. The molecule has 0 fully saturated rings. The van der Waals surface area contributed by atoms with Crippen LogP contribution in [0, 0.1) is 0 Å². The summed E-state index contributed by atoms with van der Waals surface area (Å²) >= 11 is 0. The first kappa shape index (κ1) is 38.8. The van der Waals surface area contributed by atoms with Crippen LogP contribution in [0.5, 0.6) is 0 Å². The Balaban J connectivity index is 1.09. The van der Waals surface area contributed by atoms with Gasteiger partial charge in [0, 0.05) is 49.8 Å². The molecule has 0 radical (unpaired) electrons. The minimum absolute atomic E-state index is 0.613. The van der Waals surface area contributed by atoms with Crippen LogP contribution < -0.4 is 0 Å². The summed E-state index contributed by atoms with van der Waals surface area (Å²) in [4.78, 5) is 20.1. The molecule has 0 spiro atoms. The highest BCUT2D eigenvalue weighted by Gasteiger charge is 2.26. The molecule has 0 aliphatic carbocycles. The zero-order valence-electron chi connectivity index (χ0n) is 37.1. The fourth-order valence-electron chi connectivity index (χ4n) is 10.5. The number of hydrogen-bond donors (Lipinski definition) is 0. The summed E-state index contributed by atoms with van der Waals surface area (Å²) in [6.45, 7) is 0. The average molecular weight is 882 g/mol. The summed E-state index contributed by atoms with van der Waals surface area (Å²) in [7, 11) is 0. The molecule has 69 heavy (non-hydrogen) atoms. The van der Waals surface area contributed by atoms with Gasteiger partial charge in [-0.2, -0.15) is 0 Å². The van der Waals surface area contributed by atoms with Gasteiger partial charge in [0.1, 0.15) is 0 Å². The SMILES string of the molecule is c1ccc(-c2nc(-c3ccccc3)nc(-c3ccc(-c4cc(-n5c6ccccc6c6ccccc65)c(-n5c6ccccc6c6ncccc65)c(-n5c6ccccc6c6ccccc65)c4)cc3)n2)cc1. The number of fused-ring (bicyclic) bond motifs is 9. The molecule has 0 N–H and O–H groups in total. The van der Waals surface area contributed by atoms with Crippen molar-refractivity contribution in [1.82, 2.24) is 33.6 Å². The smallest absolute Gasteiger partial charge is 0.164 e. The van der Waals surface area contributed by atoms with Crippen LogP contribution >= 0.6 is 0 Å². The van der Waals surface area contributed by atoms with Crippen molar-refractivity contribution >= 4 is 65.5 Å². The van der Waals surface area contributed by atoms with E-state index in [-0.39, 0.29) is 0 Å². The highest BCUT2D eigenvalue weighted by Crippen LogP contribution is 2.44. The molecule has 9 aromatic carbocycles. The monoisotopic (exact) mass is 881 g/mol. The predicted molar refractivity (Wildman–Crippen MR) is 282 cm³/mol. The van der Waals surface area contributed by atoms with Crippen molar-refractivity contribution in [3.8, 4) is 62.4 Å².